The van der Waals surface area contributed by atoms with Gasteiger partial charge in [-0.3, -0.25) is 4.79 Å². The van der Waals surface area contributed by atoms with Gasteiger partial charge in [-0.15, -0.1) is 0 Å². The van der Waals surface area contributed by atoms with Crippen LogP contribution in [-0.4, -0.2) is 24.2 Å². The molecule has 0 bridgehead atoms. The first kappa shape index (κ1) is 18.9. The number of anilines is 1. The van der Waals surface area contributed by atoms with E-state index in [0.717, 1.165) is 0 Å². The molecule has 0 aliphatic carbocycles. The molecule has 0 aromatic heterocycles. The molecule has 0 radical (unpaired) electrons. The standard InChI is InChI=1S/C20H20N2O4/c1-13(2)26-18-8-7-14(10-19(18)25-3)9-15(12-21)20(24)22-16-5-4-6-17(23)11-16/h4-11,13,23H,1-3H3,(H,22,24)/b15-9+. The van der Waals surface area contributed by atoms with Gasteiger partial charge in [0.05, 0.1) is 13.2 Å². The number of methoxy groups -OCH3 is 1. The number of benzene rings is 2. The summed E-state index contributed by atoms with van der Waals surface area (Å²) in [6.07, 6.45) is 1.45. The lowest BCUT2D eigenvalue weighted by Gasteiger charge is -2.13. The summed E-state index contributed by atoms with van der Waals surface area (Å²) in [5.74, 6) is 0.552. The van der Waals surface area contributed by atoms with Crippen LogP contribution in [-0.2, 0) is 4.79 Å². The van der Waals surface area contributed by atoms with Gasteiger partial charge in [0.25, 0.3) is 5.91 Å². The second kappa shape index (κ2) is 8.58. The molecule has 0 spiro atoms. The number of nitrogens with zero attached hydrogens (tertiary/aromatic N) is 1. The normalized spacial score (nSPS) is 11.0. The summed E-state index contributed by atoms with van der Waals surface area (Å²) in [4.78, 5) is 12.3. The Morgan fingerprint density at radius 3 is 2.62 bits per heavy atom. The maximum atomic E-state index is 12.3. The largest absolute Gasteiger partial charge is 0.508 e. The average molecular weight is 352 g/mol. The molecule has 0 atom stereocenters. The smallest absolute Gasteiger partial charge is 0.266 e. The molecule has 2 aromatic carbocycles. The number of carbonyl (C=O) groups excluding carboxylic acids is 1. The predicted molar refractivity (Wildman–Crippen MR) is 99.1 cm³/mol. The van der Waals surface area contributed by atoms with Crippen LogP contribution in [0.2, 0.25) is 0 Å². The van der Waals surface area contributed by atoms with E-state index in [1.165, 1.54) is 25.3 Å². The summed E-state index contributed by atoms with van der Waals surface area (Å²) in [5, 5.41) is 21.3. The molecule has 0 fully saturated rings. The van der Waals surface area contributed by atoms with Crippen molar-refractivity contribution < 1.29 is 19.4 Å². The number of hydrogen-bond acceptors (Lipinski definition) is 5. The fourth-order valence-corrected chi connectivity index (χ4v) is 2.22. The lowest BCUT2D eigenvalue weighted by molar-refractivity contribution is -0.112. The number of nitriles is 1. The average Bonchev–Trinajstić information content (AvgIpc) is 2.60. The van der Waals surface area contributed by atoms with Gasteiger partial charge in [0.15, 0.2) is 11.5 Å². The first-order valence-corrected chi connectivity index (χ1v) is 7.99. The van der Waals surface area contributed by atoms with Crippen LogP contribution in [0.25, 0.3) is 6.08 Å². The number of aromatic hydroxyl groups is 1. The summed E-state index contributed by atoms with van der Waals surface area (Å²) < 4.78 is 11.0. The Balaban J connectivity index is 2.24. The molecule has 0 unspecified atom stereocenters. The number of rotatable bonds is 6. The highest BCUT2D eigenvalue weighted by atomic mass is 16.5. The number of carbonyl (C=O) groups is 1. The van der Waals surface area contributed by atoms with E-state index < -0.39 is 5.91 Å². The van der Waals surface area contributed by atoms with Gasteiger partial charge in [0.2, 0.25) is 0 Å². The van der Waals surface area contributed by atoms with Crippen molar-refractivity contribution in [1.82, 2.24) is 0 Å². The number of hydrogen-bond donors (Lipinski definition) is 2. The third kappa shape index (κ3) is 5.02. The topological polar surface area (TPSA) is 91.6 Å². The first-order chi connectivity index (χ1) is 12.4. The number of phenolic OH excluding ortho intramolecular Hbond substituents is 1. The van der Waals surface area contributed by atoms with Gasteiger partial charge in [0.1, 0.15) is 17.4 Å². The number of amides is 1. The van der Waals surface area contributed by atoms with Crippen LogP contribution >= 0.6 is 0 Å². The monoisotopic (exact) mass is 352 g/mol. The van der Waals surface area contributed by atoms with Gasteiger partial charge in [0, 0.05) is 11.8 Å². The zero-order valence-electron chi connectivity index (χ0n) is 14.8. The SMILES string of the molecule is COc1cc(/C=C(\C#N)C(=O)Nc2cccc(O)c2)ccc1OC(C)C. The van der Waals surface area contributed by atoms with E-state index in [9.17, 15) is 15.2 Å². The van der Waals surface area contributed by atoms with E-state index in [0.29, 0.717) is 22.7 Å². The maximum absolute atomic E-state index is 12.3. The lowest BCUT2D eigenvalue weighted by atomic mass is 10.1. The zero-order valence-corrected chi connectivity index (χ0v) is 14.8. The summed E-state index contributed by atoms with van der Waals surface area (Å²) >= 11 is 0. The van der Waals surface area contributed by atoms with E-state index >= 15 is 0 Å². The highest BCUT2D eigenvalue weighted by molar-refractivity contribution is 6.09. The Bertz CT molecular complexity index is 866. The molecular formula is C20H20N2O4. The predicted octanol–water partition coefficient (Wildman–Crippen LogP) is 3.73. The van der Waals surface area contributed by atoms with Crippen LogP contribution in [0.5, 0.6) is 17.2 Å². The summed E-state index contributed by atoms with van der Waals surface area (Å²) in [5.41, 5.74) is 0.947. The Hall–Kier alpha value is -3.46. The number of ether oxygens (including phenoxy) is 2. The van der Waals surface area contributed by atoms with Gasteiger partial charge >= 0.3 is 0 Å². The lowest BCUT2D eigenvalue weighted by Crippen LogP contribution is -2.13. The molecule has 2 aromatic rings. The van der Waals surface area contributed by atoms with Crippen molar-refractivity contribution in [3.8, 4) is 23.3 Å². The Morgan fingerprint density at radius 1 is 1.23 bits per heavy atom. The van der Waals surface area contributed by atoms with E-state index in [2.05, 4.69) is 5.32 Å². The van der Waals surface area contributed by atoms with Crippen molar-refractivity contribution in [3.63, 3.8) is 0 Å². The van der Waals surface area contributed by atoms with Gasteiger partial charge in [-0.05, 0) is 49.8 Å². The Labute approximate surface area is 152 Å². The van der Waals surface area contributed by atoms with Crippen LogP contribution in [0.15, 0.2) is 48.0 Å². The fourth-order valence-electron chi connectivity index (χ4n) is 2.22. The summed E-state index contributed by atoms with van der Waals surface area (Å²) in [7, 11) is 1.52. The molecule has 0 saturated heterocycles. The van der Waals surface area contributed by atoms with E-state index in [4.69, 9.17) is 9.47 Å². The van der Waals surface area contributed by atoms with Gasteiger partial charge < -0.3 is 19.9 Å². The third-order valence-corrected chi connectivity index (χ3v) is 3.33. The molecule has 134 valence electrons. The first-order valence-electron chi connectivity index (χ1n) is 7.99. The molecule has 6 heteroatoms. The minimum Gasteiger partial charge on any atom is -0.508 e. The van der Waals surface area contributed by atoms with E-state index in [-0.39, 0.29) is 17.4 Å². The van der Waals surface area contributed by atoms with Crippen LogP contribution in [0.1, 0.15) is 19.4 Å². The molecule has 2 rings (SSSR count). The molecule has 6 nitrogen and oxygen atoms in total. The Kier molecular flexibility index (Phi) is 6.23. The van der Waals surface area contributed by atoms with Crippen molar-refractivity contribution in [3.05, 3.63) is 53.6 Å². The van der Waals surface area contributed by atoms with Crippen molar-refractivity contribution in [2.75, 3.05) is 12.4 Å². The molecule has 0 saturated carbocycles. The molecular weight excluding hydrogens is 332 g/mol. The van der Waals surface area contributed by atoms with Gasteiger partial charge in [-0.25, -0.2) is 0 Å². The van der Waals surface area contributed by atoms with Crippen LogP contribution in [0.4, 0.5) is 5.69 Å². The second-order valence-corrected chi connectivity index (χ2v) is 5.75. The van der Waals surface area contributed by atoms with Crippen LogP contribution in [0.3, 0.4) is 0 Å². The summed E-state index contributed by atoms with van der Waals surface area (Å²) in [6, 6.07) is 13.1. The van der Waals surface area contributed by atoms with Gasteiger partial charge in [-0.2, -0.15) is 5.26 Å². The van der Waals surface area contributed by atoms with Gasteiger partial charge in [-0.1, -0.05) is 12.1 Å². The molecule has 2 N–H and O–H groups in total. The highest BCUT2D eigenvalue weighted by Crippen LogP contribution is 2.30. The Morgan fingerprint density at radius 2 is 2.00 bits per heavy atom. The molecule has 1 amide bonds. The van der Waals surface area contributed by atoms with Crippen LogP contribution < -0.4 is 14.8 Å². The molecule has 0 aliphatic heterocycles. The molecule has 0 aliphatic rings. The fraction of sp³-hybridized carbons (Fsp3) is 0.200. The maximum Gasteiger partial charge on any atom is 0.266 e. The van der Waals surface area contributed by atoms with Crippen molar-refractivity contribution in [1.29, 1.82) is 5.26 Å². The summed E-state index contributed by atoms with van der Waals surface area (Å²) in [6.45, 7) is 3.82. The minimum absolute atomic E-state index is 0.00646. The minimum atomic E-state index is -0.570. The molecule has 0 heterocycles. The van der Waals surface area contributed by atoms with E-state index in [1.54, 1.807) is 30.3 Å². The molecule has 26 heavy (non-hydrogen) atoms. The third-order valence-electron chi connectivity index (χ3n) is 3.33. The second-order valence-electron chi connectivity index (χ2n) is 5.75. The highest BCUT2D eigenvalue weighted by Gasteiger charge is 2.12. The number of phenols is 1. The van der Waals surface area contributed by atoms with Crippen LogP contribution in [0, 0.1) is 11.3 Å². The van der Waals surface area contributed by atoms with Crippen molar-refractivity contribution in [2.45, 2.75) is 20.0 Å². The zero-order chi connectivity index (χ0) is 19.1. The quantitative estimate of drug-likeness (QED) is 0.610. The number of nitrogens with one attached hydrogen (secondary N) is 1. The van der Waals surface area contributed by atoms with E-state index in [1.807, 2.05) is 19.9 Å². The van der Waals surface area contributed by atoms with Crippen molar-refractivity contribution >= 4 is 17.7 Å². The van der Waals surface area contributed by atoms with Crippen molar-refractivity contribution in [2.24, 2.45) is 0 Å².